The number of nitrogens with two attached hydrogens (primary N) is 1. The highest BCUT2D eigenvalue weighted by molar-refractivity contribution is 6.30. The van der Waals surface area contributed by atoms with Crippen LogP contribution in [0.15, 0.2) is 12.3 Å². The predicted octanol–water partition coefficient (Wildman–Crippen LogP) is 1.53. The van der Waals surface area contributed by atoms with Crippen LogP contribution in [0, 0.1) is 0 Å². The van der Waals surface area contributed by atoms with Gasteiger partial charge < -0.3 is 15.2 Å². The van der Waals surface area contributed by atoms with Gasteiger partial charge in [0.15, 0.2) is 5.92 Å². The Morgan fingerprint density at radius 2 is 1.84 bits per heavy atom. The lowest BCUT2D eigenvalue weighted by Gasteiger charge is -2.15. The van der Waals surface area contributed by atoms with Crippen LogP contribution in [0.1, 0.15) is 25.5 Å². The van der Waals surface area contributed by atoms with E-state index in [9.17, 15) is 9.59 Å². The number of aromatic nitrogens is 1. The Morgan fingerprint density at radius 1 is 1.32 bits per heavy atom. The van der Waals surface area contributed by atoms with Gasteiger partial charge in [0.25, 0.3) is 0 Å². The molecule has 0 amide bonds. The lowest BCUT2D eigenvalue weighted by molar-refractivity contribution is -0.157. The van der Waals surface area contributed by atoms with E-state index in [4.69, 9.17) is 26.8 Å². The fraction of sp³-hybridized carbons (Fsp3) is 0.417. The highest BCUT2D eigenvalue weighted by atomic mass is 35.5. The zero-order chi connectivity index (χ0) is 14.4. The highest BCUT2D eigenvalue weighted by Gasteiger charge is 2.34. The second-order valence-electron chi connectivity index (χ2n) is 3.57. The zero-order valence-corrected chi connectivity index (χ0v) is 11.4. The van der Waals surface area contributed by atoms with Gasteiger partial charge >= 0.3 is 11.9 Å². The molecule has 0 saturated heterocycles. The summed E-state index contributed by atoms with van der Waals surface area (Å²) in [5.41, 5.74) is 5.95. The molecule has 6 nitrogen and oxygen atoms in total. The number of carbonyl (C=O) groups is 2. The molecule has 0 atom stereocenters. The largest absolute Gasteiger partial charge is 0.465 e. The van der Waals surface area contributed by atoms with Crippen LogP contribution in [0.4, 0.5) is 5.69 Å². The number of hydrogen-bond donors (Lipinski definition) is 1. The number of halogens is 1. The number of rotatable bonds is 5. The summed E-state index contributed by atoms with van der Waals surface area (Å²) < 4.78 is 9.69. The molecule has 1 aromatic rings. The molecule has 1 aromatic heterocycles. The van der Waals surface area contributed by atoms with E-state index in [0.717, 1.165) is 0 Å². The van der Waals surface area contributed by atoms with Gasteiger partial charge in [-0.25, -0.2) is 0 Å². The van der Waals surface area contributed by atoms with E-state index in [2.05, 4.69) is 4.98 Å². The summed E-state index contributed by atoms with van der Waals surface area (Å²) in [6, 6.07) is 1.41. The maximum absolute atomic E-state index is 11.8. The first-order chi connectivity index (χ1) is 9.01. The topological polar surface area (TPSA) is 91.5 Å². The first kappa shape index (κ1) is 15.2. The minimum absolute atomic E-state index is 0.0845. The van der Waals surface area contributed by atoms with E-state index < -0.39 is 17.9 Å². The lowest BCUT2D eigenvalue weighted by atomic mass is 10.0. The van der Waals surface area contributed by atoms with Gasteiger partial charge in [-0.05, 0) is 19.9 Å². The molecule has 2 N–H and O–H groups in total. The van der Waals surface area contributed by atoms with Gasteiger partial charge in [0.05, 0.1) is 29.6 Å². The van der Waals surface area contributed by atoms with E-state index in [-0.39, 0.29) is 24.6 Å². The molecule has 0 aromatic carbocycles. The van der Waals surface area contributed by atoms with E-state index in [1.807, 2.05) is 0 Å². The molecule has 1 heterocycles. The number of hydrogen-bond acceptors (Lipinski definition) is 6. The number of anilines is 1. The van der Waals surface area contributed by atoms with Gasteiger partial charge in [-0.2, -0.15) is 0 Å². The van der Waals surface area contributed by atoms with Crippen molar-refractivity contribution >= 4 is 29.2 Å². The van der Waals surface area contributed by atoms with E-state index in [0.29, 0.717) is 5.02 Å². The van der Waals surface area contributed by atoms with Gasteiger partial charge in [-0.3, -0.25) is 14.6 Å². The molecule has 19 heavy (non-hydrogen) atoms. The van der Waals surface area contributed by atoms with Crippen molar-refractivity contribution in [3.8, 4) is 0 Å². The molecule has 0 aliphatic carbocycles. The number of esters is 2. The van der Waals surface area contributed by atoms with Crippen LogP contribution in [0.5, 0.6) is 0 Å². The number of nitrogens with zero attached hydrogens (tertiary/aromatic N) is 1. The number of nitrogen functional groups attached to an aromatic ring is 1. The van der Waals surface area contributed by atoms with Crippen molar-refractivity contribution in [2.24, 2.45) is 0 Å². The van der Waals surface area contributed by atoms with Crippen LogP contribution >= 0.6 is 11.6 Å². The maximum Gasteiger partial charge on any atom is 0.326 e. The summed E-state index contributed by atoms with van der Waals surface area (Å²) in [6.07, 6.45) is 1.30. The number of carbonyl (C=O) groups excluding carboxylic acids is 2. The van der Waals surface area contributed by atoms with E-state index in [1.54, 1.807) is 13.8 Å². The zero-order valence-electron chi connectivity index (χ0n) is 10.7. The van der Waals surface area contributed by atoms with E-state index >= 15 is 0 Å². The second-order valence-corrected chi connectivity index (χ2v) is 4.00. The first-order valence-electron chi connectivity index (χ1n) is 5.75. The van der Waals surface area contributed by atoms with Gasteiger partial charge in [-0.15, -0.1) is 0 Å². The molecule has 0 saturated carbocycles. The molecule has 0 radical (unpaired) electrons. The Bertz CT molecular complexity index is 461. The molecule has 0 bridgehead atoms. The molecule has 1 rings (SSSR count). The number of ether oxygens (including phenoxy) is 2. The third-order valence-electron chi connectivity index (χ3n) is 2.23. The van der Waals surface area contributed by atoms with Gasteiger partial charge in [0.2, 0.25) is 0 Å². The average molecular weight is 287 g/mol. The van der Waals surface area contributed by atoms with E-state index in [1.165, 1.54) is 12.3 Å². The van der Waals surface area contributed by atoms with Crippen LogP contribution < -0.4 is 5.73 Å². The fourth-order valence-electron chi connectivity index (χ4n) is 1.48. The van der Waals surface area contributed by atoms with Gasteiger partial charge in [-0.1, -0.05) is 11.6 Å². The average Bonchev–Trinajstić information content (AvgIpc) is 2.33. The van der Waals surface area contributed by atoms with Crippen molar-refractivity contribution in [3.05, 3.63) is 23.0 Å². The standard InChI is InChI=1S/C12H15ClN2O4/c1-3-18-11(16)9(12(17)19-4-2)10-8(14)5-7(13)6-15-10/h5-6,9H,3-4,14H2,1-2H3. The Hall–Kier alpha value is -1.82. The highest BCUT2D eigenvalue weighted by Crippen LogP contribution is 2.25. The fourth-order valence-corrected chi connectivity index (χ4v) is 1.64. The van der Waals surface area contributed by atoms with Crippen LogP contribution in [-0.2, 0) is 19.1 Å². The summed E-state index contributed by atoms with van der Waals surface area (Å²) in [6.45, 7) is 3.56. The third kappa shape index (κ3) is 3.82. The summed E-state index contributed by atoms with van der Waals surface area (Å²) >= 11 is 5.73. The summed E-state index contributed by atoms with van der Waals surface area (Å²) in [5.74, 6) is -2.79. The molecular weight excluding hydrogens is 272 g/mol. The molecule has 0 spiro atoms. The number of pyridine rings is 1. The first-order valence-corrected chi connectivity index (χ1v) is 6.13. The minimum Gasteiger partial charge on any atom is -0.465 e. The molecule has 0 unspecified atom stereocenters. The SMILES string of the molecule is CCOC(=O)C(C(=O)OCC)c1ncc(Cl)cc1N. The quantitative estimate of drug-likeness (QED) is 0.652. The monoisotopic (exact) mass is 286 g/mol. The van der Waals surface area contributed by atoms with Crippen molar-refractivity contribution in [3.63, 3.8) is 0 Å². The van der Waals surface area contributed by atoms with Crippen LogP contribution in [0.25, 0.3) is 0 Å². The second kappa shape index (κ2) is 6.94. The van der Waals surface area contributed by atoms with Gasteiger partial charge in [0, 0.05) is 6.20 Å². The van der Waals surface area contributed by atoms with Gasteiger partial charge in [0.1, 0.15) is 0 Å². The molecule has 7 heteroatoms. The summed E-state index contributed by atoms with van der Waals surface area (Å²) in [4.78, 5) is 27.6. The minimum atomic E-state index is -1.29. The summed E-state index contributed by atoms with van der Waals surface area (Å²) in [5, 5.41) is 0.313. The van der Waals surface area contributed by atoms with Crippen molar-refractivity contribution in [2.75, 3.05) is 18.9 Å². The molecule has 0 aliphatic rings. The summed E-state index contributed by atoms with van der Waals surface area (Å²) in [7, 11) is 0. The Kier molecular flexibility index (Phi) is 5.57. The molecule has 0 fully saturated rings. The lowest BCUT2D eigenvalue weighted by Crippen LogP contribution is -2.27. The molecular formula is C12H15ClN2O4. The van der Waals surface area contributed by atoms with Crippen LogP contribution in [-0.4, -0.2) is 30.1 Å². The van der Waals surface area contributed by atoms with Crippen molar-refractivity contribution in [1.29, 1.82) is 0 Å². The van der Waals surface area contributed by atoms with Crippen LogP contribution in [0.3, 0.4) is 0 Å². The Labute approximate surface area is 115 Å². The maximum atomic E-state index is 11.8. The smallest absolute Gasteiger partial charge is 0.326 e. The molecule has 0 aliphatic heterocycles. The van der Waals surface area contributed by atoms with Crippen molar-refractivity contribution in [1.82, 2.24) is 4.98 Å². The van der Waals surface area contributed by atoms with Crippen molar-refractivity contribution < 1.29 is 19.1 Å². The molecule has 104 valence electrons. The third-order valence-corrected chi connectivity index (χ3v) is 2.44. The van der Waals surface area contributed by atoms with Crippen LogP contribution in [0.2, 0.25) is 5.02 Å². The Morgan fingerprint density at radius 3 is 2.26 bits per heavy atom. The normalized spacial score (nSPS) is 10.3. The predicted molar refractivity (Wildman–Crippen MR) is 69.7 cm³/mol. The van der Waals surface area contributed by atoms with Crippen molar-refractivity contribution in [2.45, 2.75) is 19.8 Å². The Balaban J connectivity index is 3.14.